The molecule has 0 aliphatic rings. The Hall–Kier alpha value is -2.25. The van der Waals surface area contributed by atoms with Gasteiger partial charge in [-0.25, -0.2) is 4.98 Å². The number of benzene rings is 1. The van der Waals surface area contributed by atoms with Crippen LogP contribution in [0, 0.1) is 0 Å². The second kappa shape index (κ2) is 7.97. The van der Waals surface area contributed by atoms with Crippen LogP contribution in [0.15, 0.2) is 41.8 Å². The van der Waals surface area contributed by atoms with E-state index < -0.39 is 0 Å². The number of carbonyl (C=O) groups excluding carboxylic acids is 2. The van der Waals surface area contributed by atoms with E-state index in [0.717, 1.165) is 20.1 Å². The van der Waals surface area contributed by atoms with Crippen molar-refractivity contribution < 1.29 is 9.59 Å². The lowest BCUT2D eigenvalue weighted by molar-refractivity contribution is -0.132. The normalized spacial score (nSPS) is 13.3. The Kier molecular flexibility index (Phi) is 5.68. The topological polar surface area (TPSA) is 62.3 Å². The summed E-state index contributed by atoms with van der Waals surface area (Å²) in [6.45, 7) is 3.45. The Bertz CT molecular complexity index is 872. The van der Waals surface area contributed by atoms with Crippen molar-refractivity contribution in [3.05, 3.63) is 51.7 Å². The van der Waals surface area contributed by atoms with Gasteiger partial charge in [-0.05, 0) is 30.5 Å². The molecule has 3 rings (SSSR count). The van der Waals surface area contributed by atoms with Crippen LogP contribution >= 0.6 is 22.7 Å². The molecule has 0 spiro atoms. The maximum Gasteiger partial charge on any atom is 0.225 e. The van der Waals surface area contributed by atoms with Crippen LogP contribution in [0.1, 0.15) is 42.2 Å². The van der Waals surface area contributed by atoms with E-state index in [4.69, 9.17) is 0 Å². The summed E-state index contributed by atoms with van der Waals surface area (Å²) >= 11 is 3.14. The van der Waals surface area contributed by atoms with Crippen LogP contribution < -0.4 is 5.32 Å². The second-order valence-corrected chi connectivity index (χ2v) is 8.21. The summed E-state index contributed by atoms with van der Waals surface area (Å²) in [5, 5.41) is 5.74. The quantitative estimate of drug-likeness (QED) is 0.691. The number of thiophene rings is 1. The molecule has 0 aliphatic carbocycles. The van der Waals surface area contributed by atoms with E-state index in [1.54, 1.807) is 23.3 Å². The Labute approximate surface area is 160 Å². The zero-order chi connectivity index (χ0) is 18.7. The third kappa shape index (κ3) is 4.11. The molecule has 2 atom stereocenters. The molecule has 3 aromatic rings. The highest BCUT2D eigenvalue weighted by Gasteiger charge is 2.25. The molecule has 1 N–H and O–H groups in total. The molecule has 1 aromatic carbocycles. The first kappa shape index (κ1) is 18.5. The number of hydrogen-bond acceptors (Lipinski definition) is 5. The van der Waals surface area contributed by atoms with Gasteiger partial charge >= 0.3 is 0 Å². The van der Waals surface area contributed by atoms with Gasteiger partial charge < -0.3 is 10.2 Å². The van der Waals surface area contributed by atoms with Crippen molar-refractivity contribution in [3.63, 3.8) is 0 Å². The van der Waals surface area contributed by atoms with Crippen molar-refractivity contribution in [3.8, 4) is 0 Å². The highest BCUT2D eigenvalue weighted by Crippen LogP contribution is 2.30. The van der Waals surface area contributed by atoms with E-state index in [9.17, 15) is 9.59 Å². The van der Waals surface area contributed by atoms with Crippen LogP contribution in [0.4, 0.5) is 0 Å². The van der Waals surface area contributed by atoms with Crippen LogP contribution in [0.2, 0.25) is 0 Å². The van der Waals surface area contributed by atoms with E-state index in [1.165, 1.54) is 18.3 Å². The molecule has 2 amide bonds. The smallest absolute Gasteiger partial charge is 0.225 e. The first-order valence-electron chi connectivity index (χ1n) is 8.37. The van der Waals surface area contributed by atoms with Crippen LogP contribution in [0.3, 0.4) is 0 Å². The van der Waals surface area contributed by atoms with Gasteiger partial charge in [0, 0.05) is 18.8 Å². The van der Waals surface area contributed by atoms with Crippen LogP contribution in [0.25, 0.3) is 10.2 Å². The molecular weight excluding hydrogens is 366 g/mol. The lowest BCUT2D eigenvalue weighted by atomic mass is 10.1. The summed E-state index contributed by atoms with van der Waals surface area (Å²) < 4.78 is 1.12. The van der Waals surface area contributed by atoms with Gasteiger partial charge in [0.1, 0.15) is 5.01 Å². The second-order valence-electron chi connectivity index (χ2n) is 6.17. The van der Waals surface area contributed by atoms with Crippen LogP contribution in [-0.4, -0.2) is 28.7 Å². The Morgan fingerprint density at radius 3 is 2.65 bits per heavy atom. The van der Waals surface area contributed by atoms with Crippen molar-refractivity contribution in [2.45, 2.75) is 32.4 Å². The molecule has 0 unspecified atom stereocenters. The minimum Gasteiger partial charge on any atom is -0.348 e. The number of rotatable bonds is 6. The van der Waals surface area contributed by atoms with Crippen molar-refractivity contribution in [2.24, 2.45) is 0 Å². The first-order valence-corrected chi connectivity index (χ1v) is 10.1. The van der Waals surface area contributed by atoms with Gasteiger partial charge in [0.15, 0.2) is 0 Å². The van der Waals surface area contributed by atoms with Crippen molar-refractivity contribution in [2.75, 3.05) is 7.05 Å². The fourth-order valence-corrected chi connectivity index (χ4v) is 4.57. The average Bonchev–Trinajstić information content (AvgIpc) is 3.28. The first-order chi connectivity index (χ1) is 12.5. The highest BCUT2D eigenvalue weighted by atomic mass is 32.1. The number of carbonyl (C=O) groups is 2. The van der Waals surface area contributed by atoms with Crippen molar-refractivity contribution >= 4 is 44.7 Å². The number of thiazole rings is 1. The Morgan fingerprint density at radius 1 is 1.23 bits per heavy atom. The zero-order valence-electron chi connectivity index (χ0n) is 14.9. The molecule has 0 radical (unpaired) electrons. The summed E-state index contributed by atoms with van der Waals surface area (Å²) in [7, 11) is 1.79. The number of nitrogens with one attached hydrogen (secondary N) is 1. The number of amides is 2. The molecule has 7 heteroatoms. The van der Waals surface area contributed by atoms with Crippen molar-refractivity contribution in [1.29, 1.82) is 0 Å². The van der Waals surface area contributed by atoms with Gasteiger partial charge in [0.2, 0.25) is 11.8 Å². The fraction of sp³-hybridized carbons (Fsp3) is 0.316. The van der Waals surface area contributed by atoms with E-state index in [1.807, 2.05) is 48.7 Å². The Balaban J connectivity index is 1.73. The summed E-state index contributed by atoms with van der Waals surface area (Å²) in [6.07, 6.45) is 0.228. The maximum atomic E-state index is 12.8. The minimum absolute atomic E-state index is 0.0242. The molecular formula is C19H21N3O2S2. The monoisotopic (exact) mass is 387 g/mol. The molecule has 136 valence electrons. The van der Waals surface area contributed by atoms with Gasteiger partial charge in [-0.15, -0.1) is 22.7 Å². The molecule has 0 saturated heterocycles. The molecule has 0 fully saturated rings. The third-order valence-corrected chi connectivity index (χ3v) is 6.48. The summed E-state index contributed by atoms with van der Waals surface area (Å²) in [6, 6.07) is 11.4. The number of hydrogen-bond donors (Lipinski definition) is 1. The average molecular weight is 388 g/mol. The van der Waals surface area contributed by atoms with Crippen molar-refractivity contribution in [1.82, 2.24) is 15.2 Å². The third-order valence-electron chi connectivity index (χ3n) is 4.29. The maximum absolute atomic E-state index is 12.8. The zero-order valence-corrected chi connectivity index (χ0v) is 16.6. The van der Waals surface area contributed by atoms with E-state index in [-0.39, 0.29) is 30.3 Å². The molecule has 2 aromatic heterocycles. The van der Waals surface area contributed by atoms with Gasteiger partial charge in [-0.2, -0.15) is 0 Å². The summed E-state index contributed by atoms with van der Waals surface area (Å²) in [5.41, 5.74) is 0.954. The summed E-state index contributed by atoms with van der Waals surface area (Å²) in [4.78, 5) is 31.7. The largest absolute Gasteiger partial charge is 0.348 e. The lowest BCUT2D eigenvalue weighted by Crippen LogP contribution is -2.34. The van der Waals surface area contributed by atoms with Gasteiger partial charge in [-0.1, -0.05) is 18.2 Å². The number of nitrogens with zero attached hydrogens (tertiary/aromatic N) is 2. The molecule has 26 heavy (non-hydrogen) atoms. The standard InChI is InChI=1S/C19H21N3O2S2/c1-12(19-21-14-7-4-5-8-17(14)26-19)22(3)18(24)11-15(20-13(2)23)16-9-6-10-25-16/h4-10,12,15H,11H2,1-3H3,(H,20,23)/t12-,15-/m0/s1. The SMILES string of the molecule is CC(=O)N[C@@H](CC(=O)N(C)[C@@H](C)c1nc2ccccc2s1)c1cccs1. The fourth-order valence-electron chi connectivity index (χ4n) is 2.73. The van der Waals surface area contributed by atoms with Gasteiger partial charge in [-0.3, -0.25) is 9.59 Å². The summed E-state index contributed by atoms with van der Waals surface area (Å²) in [5.74, 6) is -0.165. The van der Waals surface area contributed by atoms with E-state index in [2.05, 4.69) is 10.3 Å². The predicted octanol–water partition coefficient (Wildman–Crippen LogP) is 4.14. The molecule has 2 heterocycles. The highest BCUT2D eigenvalue weighted by molar-refractivity contribution is 7.18. The van der Waals surface area contributed by atoms with Gasteiger partial charge in [0.25, 0.3) is 0 Å². The minimum atomic E-state index is -0.301. The Morgan fingerprint density at radius 2 is 2.00 bits per heavy atom. The molecule has 0 aliphatic heterocycles. The number of aromatic nitrogens is 1. The lowest BCUT2D eigenvalue weighted by Gasteiger charge is -2.25. The molecule has 0 bridgehead atoms. The predicted molar refractivity (Wildman–Crippen MR) is 106 cm³/mol. The molecule has 0 saturated carbocycles. The number of fused-ring (bicyclic) bond motifs is 1. The van der Waals surface area contributed by atoms with Crippen LogP contribution in [-0.2, 0) is 9.59 Å². The van der Waals surface area contributed by atoms with E-state index in [0.29, 0.717) is 0 Å². The number of para-hydroxylation sites is 1. The molecule has 5 nitrogen and oxygen atoms in total. The van der Waals surface area contributed by atoms with E-state index >= 15 is 0 Å². The van der Waals surface area contributed by atoms with Crippen LogP contribution in [0.5, 0.6) is 0 Å². The van der Waals surface area contributed by atoms with Gasteiger partial charge in [0.05, 0.1) is 28.7 Å².